The highest BCUT2D eigenvalue weighted by atomic mass is 16.6. The number of ether oxygens (including phenoxy) is 1. The molecule has 1 saturated heterocycles. The SMILES string of the molecule is CCCCCC1(C2(CO)CO2)CC1. The Labute approximate surface area is 80.3 Å². The highest BCUT2D eigenvalue weighted by Gasteiger charge is 2.66. The molecule has 2 nitrogen and oxygen atoms in total. The first kappa shape index (κ1) is 9.47. The number of epoxide rings is 1. The standard InChI is InChI=1S/C11H20O2/c1-2-3-4-5-10(6-7-10)11(8-12)9-13-11/h12H,2-9H2,1H3. The van der Waals surface area contributed by atoms with E-state index in [1.807, 2.05) is 0 Å². The molecule has 0 aromatic carbocycles. The van der Waals surface area contributed by atoms with Crippen LogP contribution < -0.4 is 0 Å². The molecule has 0 amide bonds. The van der Waals surface area contributed by atoms with E-state index in [9.17, 15) is 5.11 Å². The molecular weight excluding hydrogens is 164 g/mol. The lowest BCUT2D eigenvalue weighted by atomic mass is 9.85. The third-order valence-corrected chi connectivity index (χ3v) is 3.83. The van der Waals surface area contributed by atoms with Gasteiger partial charge in [0.2, 0.25) is 0 Å². The molecule has 2 fully saturated rings. The second-order valence-corrected chi connectivity index (χ2v) is 4.68. The van der Waals surface area contributed by atoms with E-state index in [1.54, 1.807) is 0 Å². The Morgan fingerprint density at radius 2 is 2.00 bits per heavy atom. The van der Waals surface area contributed by atoms with Gasteiger partial charge >= 0.3 is 0 Å². The molecule has 0 aromatic rings. The second-order valence-electron chi connectivity index (χ2n) is 4.68. The molecule has 2 heteroatoms. The minimum atomic E-state index is -0.0965. The van der Waals surface area contributed by atoms with Gasteiger partial charge in [0.1, 0.15) is 5.60 Å². The first-order chi connectivity index (χ1) is 6.29. The minimum absolute atomic E-state index is 0.0965. The lowest BCUT2D eigenvalue weighted by molar-refractivity contribution is 0.101. The Morgan fingerprint density at radius 3 is 2.38 bits per heavy atom. The quantitative estimate of drug-likeness (QED) is 0.506. The van der Waals surface area contributed by atoms with E-state index < -0.39 is 0 Å². The Balaban J connectivity index is 1.83. The highest BCUT2D eigenvalue weighted by Crippen LogP contribution is 2.63. The predicted octanol–water partition coefficient (Wildman–Crippen LogP) is 2.11. The molecule has 1 atom stereocenters. The summed E-state index contributed by atoms with van der Waals surface area (Å²) >= 11 is 0. The summed E-state index contributed by atoms with van der Waals surface area (Å²) in [6, 6.07) is 0. The highest BCUT2D eigenvalue weighted by molar-refractivity contribution is 5.15. The topological polar surface area (TPSA) is 32.8 Å². The van der Waals surface area contributed by atoms with Gasteiger partial charge < -0.3 is 9.84 Å². The van der Waals surface area contributed by atoms with Crippen molar-refractivity contribution in [3.8, 4) is 0 Å². The third-order valence-electron chi connectivity index (χ3n) is 3.83. The van der Waals surface area contributed by atoms with Crippen LogP contribution in [-0.2, 0) is 4.74 Å². The van der Waals surface area contributed by atoms with Gasteiger partial charge in [-0.15, -0.1) is 0 Å². The zero-order chi connectivity index (χ0) is 9.36. The van der Waals surface area contributed by atoms with Crippen LogP contribution in [0.4, 0.5) is 0 Å². The first-order valence-corrected chi connectivity index (χ1v) is 5.53. The van der Waals surface area contributed by atoms with Crippen LogP contribution in [0.25, 0.3) is 0 Å². The zero-order valence-electron chi connectivity index (χ0n) is 8.51. The fourth-order valence-corrected chi connectivity index (χ4v) is 2.45. The smallest absolute Gasteiger partial charge is 0.120 e. The van der Waals surface area contributed by atoms with Gasteiger partial charge in [0.25, 0.3) is 0 Å². The van der Waals surface area contributed by atoms with Crippen molar-refractivity contribution in [2.75, 3.05) is 13.2 Å². The van der Waals surface area contributed by atoms with E-state index >= 15 is 0 Å². The van der Waals surface area contributed by atoms with Crippen LogP contribution >= 0.6 is 0 Å². The van der Waals surface area contributed by atoms with E-state index in [2.05, 4.69) is 6.92 Å². The van der Waals surface area contributed by atoms with Crippen molar-refractivity contribution in [2.45, 2.75) is 51.0 Å². The summed E-state index contributed by atoms with van der Waals surface area (Å²) in [6.07, 6.45) is 7.73. The summed E-state index contributed by atoms with van der Waals surface area (Å²) < 4.78 is 5.45. The molecule has 0 spiro atoms. The average molecular weight is 184 g/mol. The number of rotatable bonds is 6. The number of aliphatic hydroxyl groups is 1. The minimum Gasteiger partial charge on any atom is -0.393 e. The Hall–Kier alpha value is -0.0800. The van der Waals surface area contributed by atoms with Crippen molar-refractivity contribution >= 4 is 0 Å². The average Bonchev–Trinajstić information content (AvgIpc) is 3.01. The number of aliphatic hydroxyl groups excluding tert-OH is 1. The molecule has 76 valence electrons. The van der Waals surface area contributed by atoms with E-state index in [4.69, 9.17) is 4.74 Å². The molecular formula is C11H20O2. The van der Waals surface area contributed by atoms with Crippen LogP contribution in [0.5, 0.6) is 0 Å². The molecule has 1 heterocycles. The molecule has 1 unspecified atom stereocenters. The van der Waals surface area contributed by atoms with Gasteiger partial charge in [0.15, 0.2) is 0 Å². The van der Waals surface area contributed by atoms with E-state index in [0.717, 1.165) is 6.61 Å². The first-order valence-electron chi connectivity index (χ1n) is 5.53. The number of unbranched alkanes of at least 4 members (excludes halogenated alkanes) is 2. The van der Waals surface area contributed by atoms with Crippen LogP contribution in [0.1, 0.15) is 45.4 Å². The summed E-state index contributed by atoms with van der Waals surface area (Å²) in [4.78, 5) is 0. The summed E-state index contributed by atoms with van der Waals surface area (Å²) in [5, 5.41) is 9.26. The van der Waals surface area contributed by atoms with Gasteiger partial charge in [0, 0.05) is 5.41 Å². The molecule has 1 saturated carbocycles. The van der Waals surface area contributed by atoms with Crippen LogP contribution in [0.15, 0.2) is 0 Å². The molecule has 0 radical (unpaired) electrons. The molecule has 0 aromatic heterocycles. The van der Waals surface area contributed by atoms with Crippen LogP contribution in [-0.4, -0.2) is 23.9 Å². The van der Waals surface area contributed by atoms with Gasteiger partial charge in [-0.3, -0.25) is 0 Å². The van der Waals surface area contributed by atoms with Crippen molar-refractivity contribution in [2.24, 2.45) is 5.41 Å². The van der Waals surface area contributed by atoms with Crippen LogP contribution in [0, 0.1) is 5.41 Å². The molecule has 1 aliphatic carbocycles. The Kier molecular flexibility index (Phi) is 2.37. The molecule has 2 aliphatic rings. The van der Waals surface area contributed by atoms with Crippen molar-refractivity contribution in [3.05, 3.63) is 0 Å². The summed E-state index contributed by atoms with van der Waals surface area (Å²) in [5.41, 5.74) is 0.289. The van der Waals surface area contributed by atoms with Gasteiger partial charge in [-0.05, 0) is 19.3 Å². The van der Waals surface area contributed by atoms with Gasteiger partial charge in [-0.1, -0.05) is 26.2 Å². The molecule has 1 N–H and O–H groups in total. The van der Waals surface area contributed by atoms with Gasteiger partial charge in [-0.25, -0.2) is 0 Å². The normalized spacial score (nSPS) is 34.6. The monoisotopic (exact) mass is 184 g/mol. The lowest BCUT2D eigenvalue weighted by Crippen LogP contribution is -2.30. The summed E-state index contributed by atoms with van der Waals surface area (Å²) in [7, 11) is 0. The van der Waals surface area contributed by atoms with Crippen molar-refractivity contribution in [3.63, 3.8) is 0 Å². The molecule has 1 aliphatic heterocycles. The maximum atomic E-state index is 9.26. The van der Waals surface area contributed by atoms with Crippen molar-refractivity contribution in [1.82, 2.24) is 0 Å². The van der Waals surface area contributed by atoms with Crippen LogP contribution in [0.2, 0.25) is 0 Å². The van der Waals surface area contributed by atoms with Crippen molar-refractivity contribution in [1.29, 1.82) is 0 Å². The molecule has 13 heavy (non-hydrogen) atoms. The van der Waals surface area contributed by atoms with E-state index in [-0.39, 0.29) is 12.2 Å². The van der Waals surface area contributed by atoms with Crippen molar-refractivity contribution < 1.29 is 9.84 Å². The predicted molar refractivity (Wildman–Crippen MR) is 51.6 cm³/mol. The fourth-order valence-electron chi connectivity index (χ4n) is 2.45. The summed E-state index contributed by atoms with van der Waals surface area (Å²) in [5.74, 6) is 0. The van der Waals surface area contributed by atoms with Crippen LogP contribution in [0.3, 0.4) is 0 Å². The number of hydrogen-bond acceptors (Lipinski definition) is 2. The third kappa shape index (κ3) is 1.50. The maximum Gasteiger partial charge on any atom is 0.120 e. The Morgan fingerprint density at radius 1 is 1.31 bits per heavy atom. The molecule has 0 bridgehead atoms. The number of hydrogen-bond donors (Lipinski definition) is 1. The van der Waals surface area contributed by atoms with E-state index in [0.29, 0.717) is 5.41 Å². The second kappa shape index (κ2) is 3.25. The lowest BCUT2D eigenvalue weighted by Gasteiger charge is -2.21. The molecule has 2 rings (SSSR count). The zero-order valence-corrected chi connectivity index (χ0v) is 8.51. The largest absolute Gasteiger partial charge is 0.393 e. The maximum absolute atomic E-state index is 9.26. The fraction of sp³-hybridized carbons (Fsp3) is 1.00. The Bertz CT molecular complexity index is 181. The summed E-state index contributed by atoms with van der Waals surface area (Å²) in [6.45, 7) is 3.27. The van der Waals surface area contributed by atoms with E-state index in [1.165, 1.54) is 38.5 Å². The van der Waals surface area contributed by atoms with Gasteiger partial charge in [-0.2, -0.15) is 0 Å². The van der Waals surface area contributed by atoms with Gasteiger partial charge in [0.05, 0.1) is 13.2 Å².